The lowest BCUT2D eigenvalue weighted by Crippen LogP contribution is -2.38. The predicted molar refractivity (Wildman–Crippen MR) is 51.4 cm³/mol. The van der Waals surface area contributed by atoms with Crippen molar-refractivity contribution in [2.75, 3.05) is 6.61 Å². The number of phenols is 1. The van der Waals surface area contributed by atoms with Crippen LogP contribution in [0.1, 0.15) is 18.1 Å². The van der Waals surface area contributed by atoms with E-state index in [4.69, 9.17) is 10.8 Å². The van der Waals surface area contributed by atoms with E-state index in [0.29, 0.717) is 5.56 Å². The van der Waals surface area contributed by atoms with Crippen LogP contribution in [0.15, 0.2) is 12.1 Å². The van der Waals surface area contributed by atoms with E-state index in [2.05, 4.69) is 0 Å². The lowest BCUT2D eigenvalue weighted by molar-refractivity contribution is 0.202. The van der Waals surface area contributed by atoms with Crippen LogP contribution in [-0.4, -0.2) is 16.8 Å². The molecule has 0 amide bonds. The zero-order valence-corrected chi connectivity index (χ0v) is 8.21. The van der Waals surface area contributed by atoms with Gasteiger partial charge in [0.1, 0.15) is 11.6 Å². The van der Waals surface area contributed by atoms with Crippen LogP contribution in [0.2, 0.25) is 0 Å². The molecule has 0 saturated carbocycles. The maximum atomic E-state index is 13.4. The molecule has 0 aromatic heterocycles. The first-order valence-corrected chi connectivity index (χ1v) is 4.28. The van der Waals surface area contributed by atoms with Crippen LogP contribution in [0.25, 0.3) is 0 Å². The van der Waals surface area contributed by atoms with Crippen LogP contribution >= 0.6 is 0 Å². The molecule has 14 heavy (non-hydrogen) atoms. The van der Waals surface area contributed by atoms with Crippen LogP contribution in [0.5, 0.6) is 5.75 Å². The fourth-order valence-electron chi connectivity index (χ4n) is 1.29. The maximum Gasteiger partial charge on any atom is 0.132 e. The predicted octanol–water partition coefficient (Wildman–Crippen LogP) is 1.01. The fourth-order valence-corrected chi connectivity index (χ4v) is 1.29. The number of hydrogen-bond acceptors (Lipinski definition) is 3. The highest BCUT2D eigenvalue weighted by Crippen LogP contribution is 2.32. The molecule has 0 radical (unpaired) electrons. The Morgan fingerprint density at radius 1 is 1.50 bits per heavy atom. The summed E-state index contributed by atoms with van der Waals surface area (Å²) in [6.07, 6.45) is 0. The third kappa shape index (κ3) is 1.71. The second-order valence-corrected chi connectivity index (χ2v) is 3.66. The minimum atomic E-state index is -1.26. The molecule has 4 heteroatoms. The summed E-state index contributed by atoms with van der Waals surface area (Å²) in [7, 11) is 0. The Kier molecular flexibility index (Phi) is 2.78. The van der Waals surface area contributed by atoms with E-state index in [1.807, 2.05) is 0 Å². The van der Waals surface area contributed by atoms with Gasteiger partial charge in [0.25, 0.3) is 0 Å². The highest BCUT2D eigenvalue weighted by atomic mass is 19.1. The Hall–Kier alpha value is -1.13. The number of halogens is 1. The quantitative estimate of drug-likeness (QED) is 0.665. The van der Waals surface area contributed by atoms with Gasteiger partial charge in [0, 0.05) is 0 Å². The van der Waals surface area contributed by atoms with Crippen molar-refractivity contribution in [2.24, 2.45) is 5.73 Å². The first kappa shape index (κ1) is 10.9. The van der Waals surface area contributed by atoms with Crippen molar-refractivity contribution in [1.82, 2.24) is 0 Å². The van der Waals surface area contributed by atoms with E-state index in [1.54, 1.807) is 6.92 Å². The smallest absolute Gasteiger partial charge is 0.132 e. The number of aliphatic hydroxyl groups is 1. The second kappa shape index (κ2) is 3.55. The minimum Gasteiger partial charge on any atom is -0.507 e. The first-order valence-electron chi connectivity index (χ1n) is 4.28. The number of aliphatic hydroxyl groups excluding tert-OH is 1. The Morgan fingerprint density at radius 3 is 2.57 bits per heavy atom. The Bertz CT molecular complexity index is 350. The number of aryl methyl sites for hydroxylation is 1. The van der Waals surface area contributed by atoms with Crippen LogP contribution in [0.3, 0.4) is 0 Å². The molecule has 0 saturated heterocycles. The summed E-state index contributed by atoms with van der Waals surface area (Å²) in [6, 6.07) is 2.69. The van der Waals surface area contributed by atoms with Gasteiger partial charge in [0.05, 0.1) is 17.7 Å². The molecule has 1 aromatic rings. The number of benzene rings is 1. The maximum absolute atomic E-state index is 13.4. The lowest BCUT2D eigenvalue weighted by atomic mass is 9.91. The van der Waals surface area contributed by atoms with E-state index >= 15 is 0 Å². The standard InChI is InChI=1S/C10H14FNO2/c1-6-3-4-7(11)8(9(6)14)10(2,12)5-13/h3-4,13-14H,5,12H2,1-2H3/t10-/m0/s1. The van der Waals surface area contributed by atoms with Crippen molar-refractivity contribution in [3.63, 3.8) is 0 Å². The molecule has 4 N–H and O–H groups in total. The van der Waals surface area contributed by atoms with Gasteiger partial charge in [-0.25, -0.2) is 4.39 Å². The average Bonchev–Trinajstić information content (AvgIpc) is 2.12. The topological polar surface area (TPSA) is 66.5 Å². The monoisotopic (exact) mass is 199 g/mol. The van der Waals surface area contributed by atoms with Gasteiger partial charge in [0.2, 0.25) is 0 Å². The Balaban J connectivity index is 3.40. The second-order valence-electron chi connectivity index (χ2n) is 3.66. The SMILES string of the molecule is Cc1ccc(F)c([C@@](C)(N)CO)c1O. The molecule has 0 bridgehead atoms. The summed E-state index contributed by atoms with van der Waals surface area (Å²) in [5.41, 5.74) is 4.89. The van der Waals surface area contributed by atoms with Crippen LogP contribution in [0.4, 0.5) is 4.39 Å². The number of rotatable bonds is 2. The molecule has 0 heterocycles. The van der Waals surface area contributed by atoms with Crippen molar-refractivity contribution in [2.45, 2.75) is 19.4 Å². The summed E-state index contributed by atoms with van der Waals surface area (Å²) in [5, 5.41) is 18.6. The summed E-state index contributed by atoms with van der Waals surface area (Å²) in [6.45, 7) is 2.68. The van der Waals surface area contributed by atoms with Gasteiger partial charge in [-0.3, -0.25) is 0 Å². The molecular formula is C10H14FNO2. The molecule has 0 aliphatic rings. The average molecular weight is 199 g/mol. The fraction of sp³-hybridized carbons (Fsp3) is 0.400. The highest BCUT2D eigenvalue weighted by Gasteiger charge is 2.28. The van der Waals surface area contributed by atoms with E-state index < -0.39 is 18.0 Å². The van der Waals surface area contributed by atoms with Crippen LogP contribution in [-0.2, 0) is 5.54 Å². The van der Waals surface area contributed by atoms with Crippen molar-refractivity contribution < 1.29 is 14.6 Å². The molecule has 1 atom stereocenters. The normalized spacial score (nSPS) is 15.2. The number of nitrogens with two attached hydrogens (primary N) is 1. The van der Waals surface area contributed by atoms with Gasteiger partial charge in [-0.15, -0.1) is 0 Å². The van der Waals surface area contributed by atoms with Gasteiger partial charge in [-0.1, -0.05) is 6.07 Å². The molecule has 0 fully saturated rings. The molecule has 0 aliphatic heterocycles. The lowest BCUT2D eigenvalue weighted by Gasteiger charge is -2.24. The third-order valence-corrected chi connectivity index (χ3v) is 2.23. The van der Waals surface area contributed by atoms with Gasteiger partial charge in [-0.2, -0.15) is 0 Å². The Labute approximate surface area is 82.0 Å². The van der Waals surface area contributed by atoms with E-state index in [0.717, 1.165) is 0 Å². The molecular weight excluding hydrogens is 185 g/mol. The van der Waals surface area contributed by atoms with Gasteiger partial charge in [-0.05, 0) is 25.5 Å². The van der Waals surface area contributed by atoms with Gasteiger partial charge in [0.15, 0.2) is 0 Å². The Morgan fingerprint density at radius 2 is 2.07 bits per heavy atom. The van der Waals surface area contributed by atoms with Crippen molar-refractivity contribution in [3.05, 3.63) is 29.1 Å². The van der Waals surface area contributed by atoms with Crippen molar-refractivity contribution in [1.29, 1.82) is 0 Å². The van der Waals surface area contributed by atoms with Crippen LogP contribution in [0, 0.1) is 12.7 Å². The van der Waals surface area contributed by atoms with Crippen LogP contribution < -0.4 is 5.73 Å². The molecule has 3 nitrogen and oxygen atoms in total. The molecule has 1 aromatic carbocycles. The van der Waals surface area contributed by atoms with Gasteiger partial charge < -0.3 is 15.9 Å². The zero-order chi connectivity index (χ0) is 10.9. The van der Waals surface area contributed by atoms with E-state index in [1.165, 1.54) is 19.1 Å². The summed E-state index contributed by atoms with van der Waals surface area (Å²) >= 11 is 0. The molecule has 78 valence electrons. The third-order valence-electron chi connectivity index (χ3n) is 2.23. The number of aromatic hydroxyl groups is 1. The largest absolute Gasteiger partial charge is 0.507 e. The zero-order valence-electron chi connectivity index (χ0n) is 8.21. The first-order chi connectivity index (χ1) is 6.40. The van der Waals surface area contributed by atoms with Crippen molar-refractivity contribution >= 4 is 0 Å². The molecule has 0 aliphatic carbocycles. The highest BCUT2D eigenvalue weighted by molar-refractivity contribution is 5.44. The summed E-state index contributed by atoms with van der Waals surface area (Å²) in [5.74, 6) is -0.795. The van der Waals surface area contributed by atoms with E-state index in [-0.39, 0.29) is 11.3 Å². The number of phenolic OH excluding ortho intramolecular Hbond substituents is 1. The van der Waals surface area contributed by atoms with E-state index in [9.17, 15) is 9.50 Å². The minimum absolute atomic E-state index is 0.0417. The molecule has 0 spiro atoms. The van der Waals surface area contributed by atoms with Crippen molar-refractivity contribution in [3.8, 4) is 5.75 Å². The van der Waals surface area contributed by atoms with Gasteiger partial charge >= 0.3 is 0 Å². The summed E-state index contributed by atoms with van der Waals surface area (Å²) < 4.78 is 13.4. The number of hydrogen-bond donors (Lipinski definition) is 3. The molecule has 0 unspecified atom stereocenters. The summed E-state index contributed by atoms with van der Waals surface area (Å²) in [4.78, 5) is 0. The molecule has 1 rings (SSSR count).